The van der Waals surface area contributed by atoms with Gasteiger partial charge in [-0.05, 0) is 6.26 Å². The number of rotatable bonds is 1. The van der Waals surface area contributed by atoms with E-state index in [1.54, 1.807) is 0 Å². The standard InChI is InChI=1S/C9H11N5OS/c1-16-9-12-8-11-6-2-3-10-4-5(6)7(15)14(8)13-9/h10H,2-4H2,1H3,(H,11,12,13). The first kappa shape index (κ1) is 9.86. The van der Waals surface area contributed by atoms with E-state index in [0.29, 0.717) is 17.5 Å². The van der Waals surface area contributed by atoms with E-state index in [4.69, 9.17) is 0 Å². The molecule has 0 spiro atoms. The second-order valence-electron chi connectivity index (χ2n) is 3.64. The molecule has 2 aromatic heterocycles. The smallest absolute Gasteiger partial charge is 0.278 e. The van der Waals surface area contributed by atoms with Gasteiger partial charge >= 0.3 is 0 Å². The number of fused-ring (bicyclic) bond motifs is 2. The van der Waals surface area contributed by atoms with Crippen LogP contribution in [0, 0.1) is 0 Å². The molecule has 2 N–H and O–H groups in total. The van der Waals surface area contributed by atoms with Crippen LogP contribution in [-0.2, 0) is 13.0 Å². The molecule has 0 radical (unpaired) electrons. The lowest BCUT2D eigenvalue weighted by molar-refractivity contribution is 0.615. The van der Waals surface area contributed by atoms with Gasteiger partial charge in [0.2, 0.25) is 0 Å². The van der Waals surface area contributed by atoms with Gasteiger partial charge in [0.25, 0.3) is 11.3 Å². The Bertz CT molecular complexity index is 602. The average Bonchev–Trinajstić information content (AvgIpc) is 2.73. The third-order valence-electron chi connectivity index (χ3n) is 2.69. The Morgan fingerprint density at radius 3 is 3.12 bits per heavy atom. The van der Waals surface area contributed by atoms with Gasteiger partial charge in [-0.2, -0.15) is 9.50 Å². The quantitative estimate of drug-likeness (QED) is 0.671. The Kier molecular flexibility index (Phi) is 2.22. The van der Waals surface area contributed by atoms with E-state index in [1.807, 2.05) is 6.26 Å². The number of hydrogen-bond donors (Lipinski definition) is 2. The Morgan fingerprint density at radius 1 is 1.44 bits per heavy atom. The summed E-state index contributed by atoms with van der Waals surface area (Å²) in [5.41, 5.74) is 1.59. The number of hydrogen-bond acceptors (Lipinski definition) is 5. The number of nitrogens with zero attached hydrogens (tertiary/aromatic N) is 3. The largest absolute Gasteiger partial charge is 0.312 e. The van der Waals surface area contributed by atoms with E-state index in [-0.39, 0.29) is 5.56 Å². The summed E-state index contributed by atoms with van der Waals surface area (Å²) in [5.74, 6) is 0.468. The molecule has 3 rings (SSSR count). The van der Waals surface area contributed by atoms with Crippen LogP contribution in [-0.4, -0.2) is 32.4 Å². The number of thioether (sulfide) groups is 1. The van der Waals surface area contributed by atoms with Crippen LogP contribution >= 0.6 is 11.8 Å². The van der Waals surface area contributed by atoms with Gasteiger partial charge in [0.15, 0.2) is 5.16 Å². The molecule has 16 heavy (non-hydrogen) atoms. The van der Waals surface area contributed by atoms with E-state index in [9.17, 15) is 4.79 Å². The first-order valence-corrected chi connectivity index (χ1v) is 6.27. The fourth-order valence-electron chi connectivity index (χ4n) is 1.87. The summed E-state index contributed by atoms with van der Waals surface area (Å²) in [6, 6.07) is 0. The highest BCUT2D eigenvalue weighted by atomic mass is 32.2. The molecule has 0 saturated carbocycles. The number of H-pyrrole nitrogens is 1. The van der Waals surface area contributed by atoms with Crippen molar-refractivity contribution in [3.63, 3.8) is 0 Å². The van der Waals surface area contributed by atoms with Gasteiger partial charge in [-0.15, -0.1) is 0 Å². The second kappa shape index (κ2) is 3.60. The van der Waals surface area contributed by atoms with Crippen molar-refractivity contribution in [2.24, 2.45) is 0 Å². The van der Waals surface area contributed by atoms with Gasteiger partial charge in [0, 0.05) is 19.5 Å². The fraction of sp³-hybridized carbons (Fsp3) is 0.444. The van der Waals surface area contributed by atoms with Crippen molar-refractivity contribution >= 4 is 17.5 Å². The Morgan fingerprint density at radius 2 is 2.31 bits per heavy atom. The third kappa shape index (κ3) is 1.35. The normalized spacial score (nSPS) is 15.3. The van der Waals surface area contributed by atoms with Crippen molar-refractivity contribution < 1.29 is 0 Å². The lowest BCUT2D eigenvalue weighted by Gasteiger charge is -2.14. The molecule has 0 aliphatic carbocycles. The summed E-state index contributed by atoms with van der Waals surface area (Å²) >= 11 is 1.46. The maximum absolute atomic E-state index is 12.1. The molecule has 6 nitrogen and oxygen atoms in total. The predicted octanol–water partition coefficient (Wildman–Crippen LogP) is -0.215. The summed E-state index contributed by atoms with van der Waals surface area (Å²) in [7, 11) is 0. The molecule has 2 aromatic rings. The van der Waals surface area contributed by atoms with Crippen LogP contribution in [0.15, 0.2) is 9.95 Å². The van der Waals surface area contributed by atoms with Crippen LogP contribution in [0.4, 0.5) is 0 Å². The SMILES string of the molecule is CSc1nc2nc3c(c(=O)n2[nH]1)CNCC3. The van der Waals surface area contributed by atoms with Crippen LogP contribution in [0.1, 0.15) is 11.3 Å². The van der Waals surface area contributed by atoms with Crippen molar-refractivity contribution in [3.8, 4) is 0 Å². The molecule has 0 amide bonds. The highest BCUT2D eigenvalue weighted by molar-refractivity contribution is 7.98. The minimum absolute atomic E-state index is 0.0417. The van der Waals surface area contributed by atoms with E-state index < -0.39 is 0 Å². The van der Waals surface area contributed by atoms with Crippen LogP contribution in [0.2, 0.25) is 0 Å². The molecule has 1 aliphatic rings. The van der Waals surface area contributed by atoms with Crippen molar-refractivity contribution in [1.29, 1.82) is 0 Å². The molecular weight excluding hydrogens is 226 g/mol. The van der Waals surface area contributed by atoms with Crippen molar-refractivity contribution in [2.45, 2.75) is 18.1 Å². The third-order valence-corrected chi connectivity index (χ3v) is 3.26. The number of aromatic nitrogens is 4. The van der Waals surface area contributed by atoms with Gasteiger partial charge in [-0.25, -0.2) is 4.98 Å². The maximum Gasteiger partial charge on any atom is 0.278 e. The minimum Gasteiger partial charge on any atom is -0.312 e. The van der Waals surface area contributed by atoms with Gasteiger partial charge in [0.1, 0.15) is 0 Å². The van der Waals surface area contributed by atoms with Crippen molar-refractivity contribution in [3.05, 3.63) is 21.6 Å². The first-order chi connectivity index (χ1) is 7.79. The van der Waals surface area contributed by atoms with Crippen molar-refractivity contribution in [2.75, 3.05) is 12.8 Å². The number of nitrogens with one attached hydrogen (secondary N) is 2. The highest BCUT2D eigenvalue weighted by Gasteiger charge is 2.17. The van der Waals surface area contributed by atoms with Crippen LogP contribution in [0.3, 0.4) is 0 Å². The summed E-state index contributed by atoms with van der Waals surface area (Å²) in [6.45, 7) is 1.47. The van der Waals surface area contributed by atoms with Crippen molar-refractivity contribution in [1.82, 2.24) is 24.9 Å². The number of aromatic amines is 1. The summed E-state index contributed by atoms with van der Waals surface area (Å²) < 4.78 is 1.41. The molecular formula is C9H11N5OS. The monoisotopic (exact) mass is 237 g/mol. The molecule has 0 saturated heterocycles. The van der Waals surface area contributed by atoms with Gasteiger partial charge < -0.3 is 5.32 Å². The second-order valence-corrected chi connectivity index (χ2v) is 4.43. The molecule has 0 atom stereocenters. The molecule has 0 fully saturated rings. The Hall–Kier alpha value is -1.34. The summed E-state index contributed by atoms with van der Waals surface area (Å²) in [4.78, 5) is 20.8. The lowest BCUT2D eigenvalue weighted by Crippen LogP contribution is -2.33. The zero-order chi connectivity index (χ0) is 11.1. The molecule has 3 heterocycles. The van der Waals surface area contributed by atoms with Gasteiger partial charge in [-0.3, -0.25) is 9.89 Å². The first-order valence-electron chi connectivity index (χ1n) is 5.05. The molecule has 0 bridgehead atoms. The van der Waals surface area contributed by atoms with E-state index in [1.165, 1.54) is 16.3 Å². The van der Waals surface area contributed by atoms with E-state index >= 15 is 0 Å². The predicted molar refractivity (Wildman–Crippen MR) is 60.8 cm³/mol. The minimum atomic E-state index is -0.0417. The fourth-order valence-corrected chi connectivity index (χ4v) is 2.23. The van der Waals surface area contributed by atoms with Gasteiger partial charge in [0.05, 0.1) is 11.3 Å². The molecule has 7 heteroatoms. The lowest BCUT2D eigenvalue weighted by atomic mass is 10.1. The van der Waals surface area contributed by atoms with E-state index in [0.717, 1.165) is 24.2 Å². The zero-order valence-electron chi connectivity index (χ0n) is 8.78. The highest BCUT2D eigenvalue weighted by Crippen LogP contribution is 2.11. The average molecular weight is 237 g/mol. The van der Waals surface area contributed by atoms with Crippen LogP contribution in [0.5, 0.6) is 0 Å². The van der Waals surface area contributed by atoms with E-state index in [2.05, 4.69) is 20.4 Å². The molecule has 0 aromatic carbocycles. The van der Waals surface area contributed by atoms with Gasteiger partial charge in [-0.1, -0.05) is 11.8 Å². The Balaban J connectivity index is 2.32. The summed E-state index contributed by atoms with van der Waals surface area (Å²) in [5, 5.41) is 6.81. The molecule has 84 valence electrons. The molecule has 1 aliphatic heterocycles. The van der Waals surface area contributed by atoms with Crippen LogP contribution in [0.25, 0.3) is 5.78 Å². The molecule has 0 unspecified atom stereocenters. The van der Waals surface area contributed by atoms with Crippen LogP contribution < -0.4 is 10.9 Å². The summed E-state index contributed by atoms with van der Waals surface area (Å²) in [6.07, 6.45) is 2.70. The maximum atomic E-state index is 12.1. The Labute approximate surface area is 95.5 Å². The topological polar surface area (TPSA) is 75.1 Å². The zero-order valence-corrected chi connectivity index (χ0v) is 9.60.